The Kier molecular flexibility index (Phi) is 25.3. The van der Waals surface area contributed by atoms with Crippen molar-refractivity contribution in [2.45, 2.75) is 71.1 Å². The van der Waals surface area contributed by atoms with Gasteiger partial charge in [0.2, 0.25) is 6.41 Å². The summed E-state index contributed by atoms with van der Waals surface area (Å²) in [4.78, 5) is 22.0. The molecule has 0 unspecified atom stereocenters. The van der Waals surface area contributed by atoms with Crippen molar-refractivity contribution in [3.05, 3.63) is 60.8 Å². The highest BCUT2D eigenvalue weighted by molar-refractivity contribution is 8.76. The maximum absolute atomic E-state index is 11.9. The molecule has 0 atom stereocenters. The van der Waals surface area contributed by atoms with E-state index in [9.17, 15) is 9.59 Å². The quantitative estimate of drug-likeness (QED) is 0.0787. The third-order valence-corrected chi connectivity index (χ3v) is 6.66. The van der Waals surface area contributed by atoms with E-state index < -0.39 is 0 Å². The Morgan fingerprint density at radius 1 is 0.710 bits per heavy atom. The van der Waals surface area contributed by atoms with Gasteiger partial charge in [-0.25, -0.2) is 0 Å². The van der Waals surface area contributed by atoms with Crippen LogP contribution in [-0.4, -0.2) is 30.2 Å². The van der Waals surface area contributed by atoms with E-state index in [1.807, 2.05) is 0 Å². The fourth-order valence-electron chi connectivity index (χ4n) is 2.52. The third kappa shape index (κ3) is 26.5. The lowest BCUT2D eigenvalue weighted by Crippen LogP contribution is -2.13. The standard InChI is InChI=1S/C26H41NO2S2/c1-2-3-4-5-6-7-8-9-10-11-12-13-14-15-16-17-18-20-26(29)21-19-23-30-31-24-22-27-25-28/h3-4,6-7,9-10,12-13,15-16,25H,2,5,8,11,14,17-24H2,1H3,(H,27,28)/b4-3-,7-6-,10-9-,13-12-,16-15-. The number of amides is 1. The van der Waals surface area contributed by atoms with Gasteiger partial charge in [0.15, 0.2) is 0 Å². The molecule has 0 aliphatic rings. The second kappa shape index (κ2) is 26.6. The summed E-state index contributed by atoms with van der Waals surface area (Å²) in [7, 11) is 3.52. The number of carbonyl (C=O) groups excluding carboxylic acids is 2. The number of rotatable bonds is 22. The van der Waals surface area contributed by atoms with Crippen molar-refractivity contribution in [3.63, 3.8) is 0 Å². The minimum absolute atomic E-state index is 0.376. The normalized spacial score (nSPS) is 12.3. The molecule has 0 heterocycles. The molecular weight excluding hydrogens is 422 g/mol. The molecule has 0 aliphatic heterocycles. The van der Waals surface area contributed by atoms with E-state index in [0.29, 0.717) is 25.2 Å². The number of hydrogen-bond donors (Lipinski definition) is 1. The monoisotopic (exact) mass is 463 g/mol. The second-order valence-electron chi connectivity index (χ2n) is 6.96. The first-order valence-electron chi connectivity index (χ1n) is 11.5. The van der Waals surface area contributed by atoms with E-state index in [2.05, 4.69) is 73.0 Å². The van der Waals surface area contributed by atoms with Crippen molar-refractivity contribution in [2.75, 3.05) is 18.1 Å². The summed E-state index contributed by atoms with van der Waals surface area (Å²) < 4.78 is 0. The fraction of sp³-hybridized carbons (Fsp3) is 0.538. The molecule has 0 aromatic heterocycles. The number of carbonyl (C=O) groups is 2. The SMILES string of the molecule is CC/C=C\C/C=C\C/C=C\C/C=C\C/C=C\CCCC(=O)CCCSSCCNC=O. The lowest BCUT2D eigenvalue weighted by Gasteiger charge is -2.01. The van der Waals surface area contributed by atoms with Crippen molar-refractivity contribution in [2.24, 2.45) is 0 Å². The van der Waals surface area contributed by atoms with E-state index >= 15 is 0 Å². The topological polar surface area (TPSA) is 46.2 Å². The lowest BCUT2D eigenvalue weighted by molar-refractivity contribution is -0.119. The molecule has 1 amide bonds. The molecule has 0 aromatic carbocycles. The van der Waals surface area contributed by atoms with Crippen molar-refractivity contribution in [3.8, 4) is 0 Å². The second-order valence-corrected chi connectivity index (χ2v) is 9.66. The summed E-state index contributed by atoms with van der Waals surface area (Å²) in [6.45, 7) is 2.86. The third-order valence-electron chi connectivity index (χ3n) is 4.16. The highest BCUT2D eigenvalue weighted by Gasteiger charge is 2.01. The number of Topliss-reactive ketones (excluding diaryl/α,β-unsaturated/α-hetero) is 1. The van der Waals surface area contributed by atoms with Gasteiger partial charge in [-0.1, -0.05) is 89.3 Å². The molecule has 0 bridgehead atoms. The predicted octanol–water partition coefficient (Wildman–Crippen LogP) is 7.38. The first kappa shape index (κ1) is 29.5. The average Bonchev–Trinajstić information content (AvgIpc) is 2.77. The van der Waals surface area contributed by atoms with E-state index in [-0.39, 0.29) is 0 Å². The molecule has 3 nitrogen and oxygen atoms in total. The van der Waals surface area contributed by atoms with Crippen LogP contribution in [0.25, 0.3) is 0 Å². The molecular formula is C26H41NO2S2. The molecule has 0 fully saturated rings. The first-order valence-corrected chi connectivity index (χ1v) is 14.0. The van der Waals surface area contributed by atoms with Crippen LogP contribution in [-0.2, 0) is 9.59 Å². The fourth-order valence-corrected chi connectivity index (χ4v) is 4.53. The van der Waals surface area contributed by atoms with Crippen LogP contribution in [0, 0.1) is 0 Å². The van der Waals surface area contributed by atoms with E-state index in [1.165, 1.54) is 0 Å². The van der Waals surface area contributed by atoms with Gasteiger partial charge >= 0.3 is 0 Å². The summed E-state index contributed by atoms with van der Waals surface area (Å²) >= 11 is 0. The van der Waals surface area contributed by atoms with Gasteiger partial charge in [0.1, 0.15) is 5.78 Å². The van der Waals surface area contributed by atoms with Gasteiger partial charge in [-0.2, -0.15) is 0 Å². The van der Waals surface area contributed by atoms with Crippen LogP contribution in [0.15, 0.2) is 60.8 Å². The summed E-state index contributed by atoms with van der Waals surface area (Å²) in [5, 5.41) is 2.64. The van der Waals surface area contributed by atoms with Crippen molar-refractivity contribution >= 4 is 33.8 Å². The maximum Gasteiger partial charge on any atom is 0.207 e. The summed E-state index contributed by atoms with van der Waals surface area (Å²) in [5.74, 6) is 2.28. The van der Waals surface area contributed by atoms with Crippen molar-refractivity contribution in [1.29, 1.82) is 0 Å². The lowest BCUT2D eigenvalue weighted by atomic mass is 10.1. The predicted molar refractivity (Wildman–Crippen MR) is 142 cm³/mol. The van der Waals surface area contributed by atoms with Gasteiger partial charge in [0.05, 0.1) is 0 Å². The molecule has 0 spiro atoms. The molecule has 0 aromatic rings. The van der Waals surface area contributed by atoms with E-state index in [1.54, 1.807) is 21.6 Å². The number of nitrogens with one attached hydrogen (secondary N) is 1. The molecule has 0 saturated carbocycles. The Hall–Kier alpha value is -1.46. The maximum atomic E-state index is 11.9. The Morgan fingerprint density at radius 3 is 1.81 bits per heavy atom. The first-order chi connectivity index (χ1) is 15.3. The van der Waals surface area contributed by atoms with Gasteiger partial charge in [-0.3, -0.25) is 9.59 Å². The smallest absolute Gasteiger partial charge is 0.207 e. The zero-order chi connectivity index (χ0) is 22.7. The minimum Gasteiger partial charge on any atom is -0.358 e. The van der Waals surface area contributed by atoms with Gasteiger partial charge < -0.3 is 5.32 Å². The van der Waals surface area contributed by atoms with Crippen LogP contribution >= 0.6 is 21.6 Å². The molecule has 0 saturated heterocycles. The molecule has 31 heavy (non-hydrogen) atoms. The number of allylic oxidation sites excluding steroid dienone is 10. The molecule has 0 rings (SSSR count). The largest absolute Gasteiger partial charge is 0.358 e. The average molecular weight is 464 g/mol. The van der Waals surface area contributed by atoms with Crippen LogP contribution in [0.5, 0.6) is 0 Å². The van der Waals surface area contributed by atoms with Crippen LogP contribution in [0.1, 0.15) is 71.1 Å². The van der Waals surface area contributed by atoms with E-state index in [4.69, 9.17) is 0 Å². The van der Waals surface area contributed by atoms with Crippen LogP contribution in [0.3, 0.4) is 0 Å². The zero-order valence-electron chi connectivity index (χ0n) is 19.2. The van der Waals surface area contributed by atoms with Gasteiger partial charge in [0.25, 0.3) is 0 Å². The molecule has 0 radical (unpaired) electrons. The van der Waals surface area contributed by atoms with Crippen LogP contribution < -0.4 is 5.32 Å². The molecule has 174 valence electrons. The Labute approximate surface area is 198 Å². The van der Waals surface area contributed by atoms with Crippen LogP contribution in [0.4, 0.5) is 0 Å². The molecule has 1 N–H and O–H groups in total. The zero-order valence-corrected chi connectivity index (χ0v) is 20.8. The summed E-state index contributed by atoms with van der Waals surface area (Å²) in [6, 6.07) is 0. The number of ketones is 1. The van der Waals surface area contributed by atoms with E-state index in [0.717, 1.165) is 69.3 Å². The van der Waals surface area contributed by atoms with Crippen LogP contribution in [0.2, 0.25) is 0 Å². The summed E-state index contributed by atoms with van der Waals surface area (Å²) in [6.07, 6.45) is 32.1. The minimum atomic E-state index is 0.376. The Bertz CT molecular complexity index is 566. The van der Waals surface area contributed by atoms with Crippen molar-refractivity contribution in [1.82, 2.24) is 5.32 Å². The highest BCUT2D eigenvalue weighted by atomic mass is 33.1. The highest BCUT2D eigenvalue weighted by Crippen LogP contribution is 2.21. The molecule has 5 heteroatoms. The number of unbranched alkanes of at least 4 members (excludes halogenated alkanes) is 1. The van der Waals surface area contributed by atoms with Gasteiger partial charge in [-0.15, -0.1) is 0 Å². The summed E-state index contributed by atoms with van der Waals surface area (Å²) in [5.41, 5.74) is 0. The van der Waals surface area contributed by atoms with Gasteiger partial charge in [-0.05, 0) is 51.4 Å². The Balaban J connectivity index is 3.45. The molecule has 0 aliphatic carbocycles. The number of hydrogen-bond acceptors (Lipinski definition) is 4. The van der Waals surface area contributed by atoms with Gasteiger partial charge in [0, 0.05) is 30.9 Å². The van der Waals surface area contributed by atoms with Crippen molar-refractivity contribution < 1.29 is 9.59 Å². The Morgan fingerprint density at radius 2 is 1.23 bits per heavy atom.